The van der Waals surface area contributed by atoms with E-state index in [0.717, 1.165) is 11.1 Å². The molecule has 0 aromatic heterocycles. The molecule has 0 radical (unpaired) electrons. The van der Waals surface area contributed by atoms with E-state index in [1.54, 1.807) is 39.3 Å². The fourth-order valence-electron chi connectivity index (χ4n) is 2.72. The van der Waals surface area contributed by atoms with Crippen LogP contribution < -0.4 is 20.1 Å². The van der Waals surface area contributed by atoms with E-state index in [0.29, 0.717) is 17.1 Å². The Labute approximate surface area is 159 Å². The Morgan fingerprint density at radius 3 is 2.33 bits per heavy atom. The first-order valence-corrected chi connectivity index (χ1v) is 8.75. The number of rotatable bonds is 7. The summed E-state index contributed by atoms with van der Waals surface area (Å²) < 4.78 is 10.6. The first kappa shape index (κ1) is 20.3. The maximum atomic E-state index is 12.5. The van der Waals surface area contributed by atoms with Crippen LogP contribution >= 0.6 is 0 Å². The summed E-state index contributed by atoms with van der Waals surface area (Å²) in [5.74, 6) is 0.740. The molecule has 144 valence electrons. The Balaban J connectivity index is 2.02. The summed E-state index contributed by atoms with van der Waals surface area (Å²) in [5.41, 5.74) is 2.34. The Bertz CT molecular complexity index is 820. The van der Waals surface area contributed by atoms with Gasteiger partial charge in [-0.1, -0.05) is 17.7 Å². The number of methoxy groups -OCH3 is 2. The number of nitrogens with one attached hydrogen (secondary N) is 2. The van der Waals surface area contributed by atoms with Crippen molar-refractivity contribution in [1.29, 1.82) is 0 Å². The van der Waals surface area contributed by atoms with Gasteiger partial charge in [0, 0.05) is 17.2 Å². The molecule has 2 atom stereocenters. The van der Waals surface area contributed by atoms with Crippen LogP contribution in [0, 0.1) is 6.92 Å². The highest BCUT2D eigenvalue weighted by atomic mass is 16.5. The second kappa shape index (κ2) is 9.07. The molecule has 2 amide bonds. The largest absolute Gasteiger partial charge is 0.497 e. The number of aryl methyl sites for hydroxylation is 1. The molecule has 2 N–H and O–H groups in total. The van der Waals surface area contributed by atoms with Crippen LogP contribution in [-0.4, -0.2) is 32.1 Å². The van der Waals surface area contributed by atoms with E-state index in [9.17, 15) is 9.59 Å². The normalized spacial score (nSPS) is 12.6. The molecule has 0 fully saturated rings. The molecule has 0 aliphatic carbocycles. The number of benzene rings is 2. The molecule has 6 nitrogen and oxygen atoms in total. The third-order valence-electron chi connectivity index (χ3n) is 4.29. The zero-order chi connectivity index (χ0) is 20.0. The predicted molar refractivity (Wildman–Crippen MR) is 104 cm³/mol. The van der Waals surface area contributed by atoms with Crippen LogP contribution in [0.25, 0.3) is 0 Å². The summed E-state index contributed by atoms with van der Waals surface area (Å²) in [4.78, 5) is 24.8. The van der Waals surface area contributed by atoms with Crippen LogP contribution in [0.1, 0.15) is 41.4 Å². The van der Waals surface area contributed by atoms with Crippen LogP contribution in [0.3, 0.4) is 0 Å². The maximum absolute atomic E-state index is 12.5. The molecule has 2 aromatic rings. The van der Waals surface area contributed by atoms with Gasteiger partial charge in [0.1, 0.15) is 17.5 Å². The molecule has 0 aliphatic heterocycles. The molecule has 2 aromatic carbocycles. The van der Waals surface area contributed by atoms with Gasteiger partial charge in [0.25, 0.3) is 5.91 Å². The molecule has 0 aliphatic rings. The van der Waals surface area contributed by atoms with Crippen LogP contribution in [0.2, 0.25) is 0 Å². The lowest BCUT2D eigenvalue weighted by Crippen LogP contribution is -2.45. The van der Waals surface area contributed by atoms with Crippen molar-refractivity contribution >= 4 is 11.8 Å². The SMILES string of the molecule is COc1ccc(C(C)NC(=O)C(C)NC(=O)c2cccc(C)c2)c(OC)c1. The standard InChI is InChI=1S/C21H26N2O4/c1-13-7-6-8-16(11-13)21(25)23-15(3)20(24)22-14(2)18-10-9-17(26-4)12-19(18)27-5/h6-12,14-15H,1-5H3,(H,22,24)(H,23,25). The highest BCUT2D eigenvalue weighted by Gasteiger charge is 2.20. The van der Waals surface area contributed by atoms with Gasteiger partial charge in [-0.2, -0.15) is 0 Å². The lowest BCUT2D eigenvalue weighted by molar-refractivity contribution is -0.123. The van der Waals surface area contributed by atoms with Crippen molar-refractivity contribution in [2.45, 2.75) is 32.9 Å². The van der Waals surface area contributed by atoms with Gasteiger partial charge in [0.15, 0.2) is 0 Å². The van der Waals surface area contributed by atoms with Gasteiger partial charge in [-0.3, -0.25) is 9.59 Å². The third-order valence-corrected chi connectivity index (χ3v) is 4.29. The van der Waals surface area contributed by atoms with Crippen molar-refractivity contribution < 1.29 is 19.1 Å². The average Bonchev–Trinajstić information content (AvgIpc) is 2.67. The van der Waals surface area contributed by atoms with Gasteiger partial charge < -0.3 is 20.1 Å². The van der Waals surface area contributed by atoms with Crippen molar-refractivity contribution in [3.05, 3.63) is 59.2 Å². The van der Waals surface area contributed by atoms with Crippen molar-refractivity contribution in [3.63, 3.8) is 0 Å². The van der Waals surface area contributed by atoms with E-state index < -0.39 is 6.04 Å². The van der Waals surface area contributed by atoms with E-state index in [4.69, 9.17) is 9.47 Å². The van der Waals surface area contributed by atoms with Gasteiger partial charge in [-0.25, -0.2) is 0 Å². The first-order chi connectivity index (χ1) is 12.8. The minimum Gasteiger partial charge on any atom is -0.497 e. The molecule has 0 bridgehead atoms. The Hall–Kier alpha value is -3.02. The lowest BCUT2D eigenvalue weighted by atomic mass is 10.1. The van der Waals surface area contributed by atoms with E-state index in [2.05, 4.69) is 10.6 Å². The number of hydrogen-bond acceptors (Lipinski definition) is 4. The molecule has 0 saturated heterocycles. The third kappa shape index (κ3) is 5.23. The van der Waals surface area contributed by atoms with Crippen LogP contribution in [-0.2, 0) is 4.79 Å². The van der Waals surface area contributed by atoms with E-state index in [-0.39, 0.29) is 17.9 Å². The summed E-state index contributed by atoms with van der Waals surface area (Å²) in [6.45, 7) is 5.43. The van der Waals surface area contributed by atoms with Crippen LogP contribution in [0.5, 0.6) is 11.5 Å². The second-order valence-corrected chi connectivity index (χ2v) is 6.40. The first-order valence-electron chi connectivity index (χ1n) is 8.75. The van der Waals surface area contributed by atoms with Gasteiger partial charge in [0.05, 0.1) is 20.3 Å². The topological polar surface area (TPSA) is 76.7 Å². The zero-order valence-electron chi connectivity index (χ0n) is 16.3. The molecular formula is C21H26N2O4. The number of hydrogen-bond donors (Lipinski definition) is 2. The van der Waals surface area contributed by atoms with E-state index in [1.165, 1.54) is 0 Å². The van der Waals surface area contributed by atoms with Crippen LogP contribution in [0.15, 0.2) is 42.5 Å². The molecule has 0 heterocycles. The average molecular weight is 370 g/mol. The molecule has 0 spiro atoms. The van der Waals surface area contributed by atoms with Crippen molar-refractivity contribution in [2.24, 2.45) is 0 Å². The Morgan fingerprint density at radius 1 is 0.963 bits per heavy atom. The van der Waals surface area contributed by atoms with E-state index >= 15 is 0 Å². The molecule has 2 rings (SSSR count). The summed E-state index contributed by atoms with van der Waals surface area (Å²) in [5, 5.41) is 5.63. The minimum atomic E-state index is -0.676. The summed E-state index contributed by atoms with van der Waals surface area (Å²) in [6, 6.07) is 11.7. The number of ether oxygens (including phenoxy) is 2. The molecule has 0 saturated carbocycles. The van der Waals surface area contributed by atoms with Crippen molar-refractivity contribution in [3.8, 4) is 11.5 Å². The summed E-state index contributed by atoms with van der Waals surface area (Å²) >= 11 is 0. The molecule has 6 heteroatoms. The fourth-order valence-corrected chi connectivity index (χ4v) is 2.72. The minimum absolute atomic E-state index is 0.277. The van der Waals surface area contributed by atoms with Gasteiger partial charge in [-0.05, 0) is 45.0 Å². The quantitative estimate of drug-likeness (QED) is 0.785. The number of carbonyl (C=O) groups excluding carboxylic acids is 2. The Kier molecular flexibility index (Phi) is 6.82. The smallest absolute Gasteiger partial charge is 0.251 e. The van der Waals surface area contributed by atoms with Gasteiger partial charge in [-0.15, -0.1) is 0 Å². The molecule has 27 heavy (non-hydrogen) atoms. The fraction of sp³-hybridized carbons (Fsp3) is 0.333. The zero-order valence-corrected chi connectivity index (χ0v) is 16.3. The van der Waals surface area contributed by atoms with Gasteiger partial charge >= 0.3 is 0 Å². The van der Waals surface area contributed by atoms with E-state index in [1.807, 2.05) is 38.1 Å². The van der Waals surface area contributed by atoms with Crippen LogP contribution in [0.4, 0.5) is 0 Å². The highest BCUT2D eigenvalue weighted by molar-refractivity contribution is 5.97. The summed E-state index contributed by atoms with van der Waals surface area (Å²) in [7, 11) is 3.15. The van der Waals surface area contributed by atoms with Gasteiger partial charge in [0.2, 0.25) is 5.91 Å². The van der Waals surface area contributed by atoms with Crippen molar-refractivity contribution in [1.82, 2.24) is 10.6 Å². The number of carbonyl (C=O) groups is 2. The maximum Gasteiger partial charge on any atom is 0.251 e. The summed E-state index contributed by atoms with van der Waals surface area (Å²) in [6.07, 6.45) is 0. The lowest BCUT2D eigenvalue weighted by Gasteiger charge is -2.21. The second-order valence-electron chi connectivity index (χ2n) is 6.40. The van der Waals surface area contributed by atoms with Crippen molar-refractivity contribution in [2.75, 3.05) is 14.2 Å². The number of amides is 2. The highest BCUT2D eigenvalue weighted by Crippen LogP contribution is 2.29. The monoisotopic (exact) mass is 370 g/mol. The molecule has 2 unspecified atom stereocenters. The Morgan fingerprint density at radius 2 is 1.70 bits per heavy atom. The molecular weight excluding hydrogens is 344 g/mol. The predicted octanol–water partition coefficient (Wildman–Crippen LogP) is 3.01.